The number of phenols is 2. The number of esters is 1. The molecule has 11 heteroatoms. The Balaban J connectivity index is 2.52. The molecule has 0 aliphatic carbocycles. The smallest absolute Gasteiger partial charge is 0.408 e. The third-order valence-corrected chi connectivity index (χ3v) is 6.38. The van der Waals surface area contributed by atoms with E-state index >= 15 is 0 Å². The summed E-state index contributed by atoms with van der Waals surface area (Å²) >= 11 is 0. The molecule has 2 aromatic rings. The lowest BCUT2D eigenvalue weighted by Gasteiger charge is -2.35. The fourth-order valence-electron chi connectivity index (χ4n) is 4.40. The van der Waals surface area contributed by atoms with Crippen LogP contribution in [0.2, 0.25) is 0 Å². The molecule has 2 unspecified atom stereocenters. The Kier molecular flexibility index (Phi) is 13.8. The SMILES string of the molecule is CCCCCN(C(=O)C(Cc1ccc(O)cc1)NC(=O)OC(C)(C)C)C(C(=O)NCCC(=O)OCC)c1ccccc1O. The fourth-order valence-corrected chi connectivity index (χ4v) is 4.40. The molecule has 43 heavy (non-hydrogen) atoms. The quantitative estimate of drug-likeness (QED) is 0.174. The molecule has 236 valence electrons. The molecule has 0 saturated heterocycles. The van der Waals surface area contributed by atoms with Crippen LogP contribution < -0.4 is 10.6 Å². The largest absolute Gasteiger partial charge is 0.508 e. The van der Waals surface area contributed by atoms with Crippen LogP contribution in [0.4, 0.5) is 4.79 Å². The highest BCUT2D eigenvalue weighted by atomic mass is 16.6. The van der Waals surface area contributed by atoms with Crippen LogP contribution in [0.15, 0.2) is 48.5 Å². The predicted octanol–water partition coefficient (Wildman–Crippen LogP) is 4.36. The molecule has 11 nitrogen and oxygen atoms in total. The molecule has 0 heterocycles. The van der Waals surface area contributed by atoms with Crippen LogP contribution >= 0.6 is 0 Å². The van der Waals surface area contributed by atoms with Crippen molar-refractivity contribution in [1.29, 1.82) is 0 Å². The molecule has 4 N–H and O–H groups in total. The van der Waals surface area contributed by atoms with E-state index in [0.717, 1.165) is 12.8 Å². The van der Waals surface area contributed by atoms with E-state index < -0.39 is 41.6 Å². The minimum Gasteiger partial charge on any atom is -0.508 e. The van der Waals surface area contributed by atoms with Gasteiger partial charge in [0.05, 0.1) is 13.0 Å². The van der Waals surface area contributed by atoms with Gasteiger partial charge >= 0.3 is 12.1 Å². The number of hydrogen-bond acceptors (Lipinski definition) is 8. The zero-order valence-corrected chi connectivity index (χ0v) is 25.7. The van der Waals surface area contributed by atoms with Crippen molar-refractivity contribution in [3.63, 3.8) is 0 Å². The van der Waals surface area contributed by atoms with Gasteiger partial charge in [0.1, 0.15) is 29.2 Å². The summed E-state index contributed by atoms with van der Waals surface area (Å²) in [6.07, 6.45) is 1.34. The lowest BCUT2D eigenvalue weighted by molar-refractivity contribution is -0.144. The molecule has 0 aromatic heterocycles. The minimum absolute atomic E-state index is 0.0359. The summed E-state index contributed by atoms with van der Waals surface area (Å²) in [4.78, 5) is 54.2. The third-order valence-electron chi connectivity index (χ3n) is 6.38. The number of nitrogens with zero attached hydrogens (tertiary/aromatic N) is 1. The van der Waals surface area contributed by atoms with E-state index in [0.29, 0.717) is 12.0 Å². The standard InChI is InChI=1S/C32H45N3O8/c1-6-8-11-20-35(28(24-12-9-10-13-26(24)37)29(39)33-19-18-27(38)42-7-2)30(40)25(34-31(41)43-32(3,4)5)21-22-14-16-23(36)17-15-22/h9-10,12-17,25,28,36-37H,6-8,11,18-21H2,1-5H3,(H,33,39)(H,34,41). The molecule has 0 bridgehead atoms. The van der Waals surface area contributed by atoms with Crippen LogP contribution in [0.5, 0.6) is 11.5 Å². The van der Waals surface area contributed by atoms with Crippen LogP contribution in [-0.4, -0.2) is 70.3 Å². The van der Waals surface area contributed by atoms with Crippen molar-refractivity contribution < 1.29 is 38.9 Å². The topological polar surface area (TPSA) is 154 Å². The average molecular weight is 600 g/mol. The first-order chi connectivity index (χ1) is 20.4. The number of phenolic OH excluding ortho intramolecular Hbond substituents is 2. The summed E-state index contributed by atoms with van der Waals surface area (Å²) in [5, 5.41) is 25.9. The first kappa shape index (κ1) is 34.9. The number of rotatable bonds is 15. The van der Waals surface area contributed by atoms with Gasteiger partial charge < -0.3 is 35.2 Å². The average Bonchev–Trinajstić information content (AvgIpc) is 2.93. The zero-order chi connectivity index (χ0) is 32.0. The zero-order valence-electron chi connectivity index (χ0n) is 25.7. The number of carbonyl (C=O) groups excluding carboxylic acids is 4. The number of benzene rings is 2. The Morgan fingerprint density at radius 3 is 2.23 bits per heavy atom. The van der Waals surface area contributed by atoms with E-state index in [1.807, 2.05) is 6.92 Å². The molecule has 3 amide bonds. The number of alkyl carbamates (subject to hydrolysis) is 1. The normalized spacial score (nSPS) is 12.5. The van der Waals surface area contributed by atoms with Crippen LogP contribution in [0.1, 0.15) is 77.5 Å². The Morgan fingerprint density at radius 2 is 1.63 bits per heavy atom. The number of unbranched alkanes of at least 4 members (excludes halogenated alkanes) is 2. The number of nitrogens with one attached hydrogen (secondary N) is 2. The Bertz CT molecular complexity index is 1210. The van der Waals surface area contributed by atoms with Crippen molar-refractivity contribution in [2.45, 2.75) is 84.4 Å². The second-order valence-corrected chi connectivity index (χ2v) is 11.1. The minimum atomic E-state index is -1.27. The van der Waals surface area contributed by atoms with Gasteiger partial charge in [0.2, 0.25) is 11.8 Å². The maximum atomic E-state index is 14.4. The number of para-hydroxylation sites is 1. The van der Waals surface area contributed by atoms with Crippen LogP contribution in [0.25, 0.3) is 0 Å². The number of carbonyl (C=O) groups is 4. The second kappa shape index (κ2) is 17.0. The van der Waals surface area contributed by atoms with Crippen LogP contribution in [0.3, 0.4) is 0 Å². The molecule has 0 spiro atoms. The molecule has 0 saturated carbocycles. The van der Waals surface area contributed by atoms with Gasteiger partial charge in [-0.15, -0.1) is 0 Å². The van der Waals surface area contributed by atoms with E-state index in [1.54, 1.807) is 58.0 Å². The van der Waals surface area contributed by atoms with Crippen LogP contribution in [-0.2, 0) is 30.3 Å². The monoisotopic (exact) mass is 599 g/mol. The highest BCUT2D eigenvalue weighted by Crippen LogP contribution is 2.30. The first-order valence-electron chi connectivity index (χ1n) is 14.6. The van der Waals surface area contributed by atoms with E-state index in [1.165, 1.54) is 23.1 Å². The summed E-state index contributed by atoms with van der Waals surface area (Å²) in [5.41, 5.74) is 0.0224. The van der Waals surface area contributed by atoms with Crippen molar-refractivity contribution >= 4 is 23.9 Å². The molecule has 0 fully saturated rings. The number of ether oxygens (including phenoxy) is 2. The van der Waals surface area contributed by atoms with E-state index in [2.05, 4.69) is 10.6 Å². The van der Waals surface area contributed by atoms with Crippen molar-refractivity contribution in [3.05, 3.63) is 59.7 Å². The Hall–Kier alpha value is -4.28. The molecule has 2 atom stereocenters. The van der Waals surface area contributed by atoms with Gasteiger partial charge in [0.15, 0.2) is 0 Å². The summed E-state index contributed by atoms with van der Waals surface area (Å²) < 4.78 is 10.4. The van der Waals surface area contributed by atoms with Gasteiger partial charge in [-0.25, -0.2) is 4.79 Å². The van der Waals surface area contributed by atoms with Gasteiger partial charge in [-0.2, -0.15) is 0 Å². The Labute approximate surface area is 253 Å². The highest BCUT2D eigenvalue weighted by molar-refractivity contribution is 5.92. The van der Waals surface area contributed by atoms with Crippen molar-refractivity contribution in [2.24, 2.45) is 0 Å². The van der Waals surface area contributed by atoms with Crippen LogP contribution in [0, 0.1) is 0 Å². The molecule has 0 aliphatic heterocycles. The fraction of sp³-hybridized carbons (Fsp3) is 0.500. The first-order valence-corrected chi connectivity index (χ1v) is 14.6. The highest BCUT2D eigenvalue weighted by Gasteiger charge is 2.37. The maximum absolute atomic E-state index is 14.4. The number of amides is 3. The van der Waals surface area contributed by atoms with Gasteiger partial charge in [-0.3, -0.25) is 14.4 Å². The summed E-state index contributed by atoms with van der Waals surface area (Å²) in [5.74, 6) is -1.78. The third kappa shape index (κ3) is 11.9. The summed E-state index contributed by atoms with van der Waals surface area (Å²) in [6.45, 7) is 9.13. The maximum Gasteiger partial charge on any atom is 0.408 e. The van der Waals surface area contributed by atoms with Gasteiger partial charge in [0, 0.05) is 25.1 Å². The van der Waals surface area contributed by atoms with Crippen molar-refractivity contribution in [1.82, 2.24) is 15.5 Å². The second-order valence-electron chi connectivity index (χ2n) is 11.1. The number of aromatic hydroxyl groups is 2. The summed E-state index contributed by atoms with van der Waals surface area (Å²) in [6, 6.07) is 10.0. The number of hydrogen-bond donors (Lipinski definition) is 4. The Morgan fingerprint density at radius 1 is 0.953 bits per heavy atom. The van der Waals surface area contributed by atoms with Gasteiger partial charge in [0.25, 0.3) is 0 Å². The molecule has 2 rings (SSSR count). The van der Waals surface area contributed by atoms with Gasteiger partial charge in [-0.1, -0.05) is 50.1 Å². The van der Waals surface area contributed by atoms with E-state index in [-0.39, 0.29) is 49.6 Å². The molecule has 2 aromatic carbocycles. The summed E-state index contributed by atoms with van der Waals surface area (Å²) in [7, 11) is 0. The van der Waals surface area contributed by atoms with E-state index in [9.17, 15) is 29.4 Å². The predicted molar refractivity (Wildman–Crippen MR) is 161 cm³/mol. The molecular weight excluding hydrogens is 554 g/mol. The molecule has 0 radical (unpaired) electrons. The lowest BCUT2D eigenvalue weighted by atomic mass is 9.99. The molecular formula is C32H45N3O8. The lowest BCUT2D eigenvalue weighted by Crippen LogP contribution is -2.54. The van der Waals surface area contributed by atoms with Crippen molar-refractivity contribution in [3.8, 4) is 11.5 Å². The van der Waals surface area contributed by atoms with Crippen molar-refractivity contribution in [2.75, 3.05) is 19.7 Å². The van der Waals surface area contributed by atoms with Gasteiger partial charge in [-0.05, 0) is 57.9 Å². The van der Waals surface area contributed by atoms with E-state index in [4.69, 9.17) is 9.47 Å². The molecule has 0 aliphatic rings.